The maximum atomic E-state index is 5.80. The van der Waals surface area contributed by atoms with Gasteiger partial charge >= 0.3 is 0 Å². The zero-order chi connectivity index (χ0) is 13.7. The van der Waals surface area contributed by atoms with Crippen molar-refractivity contribution in [2.24, 2.45) is 0 Å². The first-order valence-corrected chi connectivity index (χ1v) is 7.41. The molecule has 0 atom stereocenters. The molecule has 1 aliphatic carbocycles. The molecule has 1 N–H and O–H groups in total. The Labute approximate surface area is 116 Å². The smallest absolute Gasteiger partial charge is 0.162 e. The Morgan fingerprint density at radius 3 is 2.58 bits per heavy atom. The van der Waals surface area contributed by atoms with Crippen molar-refractivity contribution >= 4 is 5.82 Å². The van der Waals surface area contributed by atoms with Crippen LogP contribution < -0.4 is 5.32 Å². The van der Waals surface area contributed by atoms with Gasteiger partial charge < -0.3 is 10.1 Å². The molecule has 1 fully saturated rings. The maximum absolute atomic E-state index is 5.80. The highest BCUT2D eigenvalue weighted by atomic mass is 16.5. The van der Waals surface area contributed by atoms with Crippen molar-refractivity contribution < 1.29 is 4.74 Å². The monoisotopic (exact) mass is 263 g/mol. The standard InChI is InChI=1S/C15H25N3O/c1-4-8-12-11-13(16-5-2)18-14(17-12)15(19-3)9-6-7-10-15/h11H,4-10H2,1-3H3,(H,16,17,18). The van der Waals surface area contributed by atoms with Gasteiger partial charge in [0.05, 0.1) is 0 Å². The summed E-state index contributed by atoms with van der Waals surface area (Å²) < 4.78 is 5.80. The Bertz CT molecular complexity index is 390. The van der Waals surface area contributed by atoms with E-state index in [9.17, 15) is 0 Å². The second kappa shape index (κ2) is 6.33. The fraction of sp³-hybridized carbons (Fsp3) is 0.733. The Morgan fingerprint density at radius 1 is 1.26 bits per heavy atom. The number of ether oxygens (including phenoxy) is 1. The normalized spacial score (nSPS) is 17.6. The predicted molar refractivity (Wildman–Crippen MR) is 77.3 cm³/mol. The molecule has 19 heavy (non-hydrogen) atoms. The van der Waals surface area contributed by atoms with Crippen LogP contribution in [-0.2, 0) is 16.8 Å². The summed E-state index contributed by atoms with van der Waals surface area (Å²) in [4.78, 5) is 9.44. The van der Waals surface area contributed by atoms with Gasteiger partial charge in [0, 0.05) is 25.4 Å². The Kier molecular flexibility index (Phi) is 4.75. The number of aryl methyl sites for hydroxylation is 1. The Hall–Kier alpha value is -1.16. The van der Waals surface area contributed by atoms with Crippen molar-refractivity contribution in [1.82, 2.24) is 9.97 Å². The molecule has 0 saturated heterocycles. The average molecular weight is 263 g/mol. The number of hydrogen-bond acceptors (Lipinski definition) is 4. The summed E-state index contributed by atoms with van der Waals surface area (Å²) in [6.07, 6.45) is 6.56. The van der Waals surface area contributed by atoms with Crippen LogP contribution in [-0.4, -0.2) is 23.6 Å². The molecule has 0 unspecified atom stereocenters. The van der Waals surface area contributed by atoms with E-state index in [1.165, 1.54) is 12.8 Å². The summed E-state index contributed by atoms with van der Waals surface area (Å²) >= 11 is 0. The minimum absolute atomic E-state index is 0.256. The highest BCUT2D eigenvalue weighted by Gasteiger charge is 2.38. The lowest BCUT2D eigenvalue weighted by Crippen LogP contribution is -2.28. The van der Waals surface area contributed by atoms with Crippen LogP contribution in [0.4, 0.5) is 5.82 Å². The number of aromatic nitrogens is 2. The summed E-state index contributed by atoms with van der Waals surface area (Å²) in [5.74, 6) is 1.80. The second-order valence-electron chi connectivity index (χ2n) is 5.25. The number of methoxy groups -OCH3 is 1. The molecule has 0 aromatic carbocycles. The third-order valence-electron chi connectivity index (χ3n) is 3.85. The van der Waals surface area contributed by atoms with Crippen LogP contribution in [0.15, 0.2) is 6.07 Å². The van der Waals surface area contributed by atoms with E-state index in [-0.39, 0.29) is 5.60 Å². The van der Waals surface area contributed by atoms with E-state index in [1.807, 2.05) is 0 Å². The average Bonchev–Trinajstić information content (AvgIpc) is 2.89. The van der Waals surface area contributed by atoms with Gasteiger partial charge in [0.1, 0.15) is 11.4 Å². The van der Waals surface area contributed by atoms with E-state index in [1.54, 1.807) is 7.11 Å². The lowest BCUT2D eigenvalue weighted by atomic mass is 10.0. The second-order valence-corrected chi connectivity index (χ2v) is 5.25. The predicted octanol–water partition coefficient (Wildman–Crippen LogP) is 3.28. The van der Waals surface area contributed by atoms with Crippen molar-refractivity contribution in [3.8, 4) is 0 Å². The molecule has 106 valence electrons. The van der Waals surface area contributed by atoms with Crippen LogP contribution in [0.3, 0.4) is 0 Å². The first kappa shape index (κ1) is 14.3. The van der Waals surface area contributed by atoms with E-state index in [0.29, 0.717) is 0 Å². The SMILES string of the molecule is CCCc1cc(NCC)nc(C2(OC)CCCC2)n1. The van der Waals surface area contributed by atoms with Gasteiger partial charge in [-0.05, 0) is 39.0 Å². The van der Waals surface area contributed by atoms with Crippen molar-refractivity contribution in [3.05, 3.63) is 17.6 Å². The lowest BCUT2D eigenvalue weighted by molar-refractivity contribution is -0.0163. The van der Waals surface area contributed by atoms with E-state index >= 15 is 0 Å². The van der Waals surface area contributed by atoms with Crippen LogP contribution >= 0.6 is 0 Å². The highest BCUT2D eigenvalue weighted by Crippen LogP contribution is 2.40. The van der Waals surface area contributed by atoms with Crippen molar-refractivity contribution in [1.29, 1.82) is 0 Å². The molecule has 4 heteroatoms. The van der Waals surface area contributed by atoms with Gasteiger partial charge in [-0.2, -0.15) is 0 Å². The molecule has 1 aromatic heterocycles. The number of anilines is 1. The Morgan fingerprint density at radius 2 is 2.00 bits per heavy atom. The molecule has 1 heterocycles. The molecule has 0 amide bonds. The highest BCUT2D eigenvalue weighted by molar-refractivity contribution is 5.37. The zero-order valence-corrected chi connectivity index (χ0v) is 12.3. The zero-order valence-electron chi connectivity index (χ0n) is 12.3. The maximum Gasteiger partial charge on any atom is 0.162 e. The molecule has 1 aliphatic rings. The Balaban J connectivity index is 2.36. The van der Waals surface area contributed by atoms with E-state index in [2.05, 4.69) is 30.2 Å². The summed E-state index contributed by atoms with van der Waals surface area (Å²) in [5.41, 5.74) is 0.861. The summed E-state index contributed by atoms with van der Waals surface area (Å²) in [7, 11) is 1.79. The third kappa shape index (κ3) is 3.06. The van der Waals surface area contributed by atoms with Crippen LogP contribution in [0, 0.1) is 0 Å². The van der Waals surface area contributed by atoms with E-state index in [0.717, 1.165) is 49.6 Å². The van der Waals surface area contributed by atoms with Crippen molar-refractivity contribution in [2.45, 2.75) is 58.0 Å². The van der Waals surface area contributed by atoms with Gasteiger partial charge in [-0.25, -0.2) is 9.97 Å². The minimum atomic E-state index is -0.256. The van der Waals surface area contributed by atoms with E-state index < -0.39 is 0 Å². The summed E-state index contributed by atoms with van der Waals surface area (Å²) in [6, 6.07) is 2.06. The third-order valence-corrected chi connectivity index (χ3v) is 3.85. The quantitative estimate of drug-likeness (QED) is 0.855. The number of nitrogens with zero attached hydrogens (tertiary/aromatic N) is 2. The van der Waals surface area contributed by atoms with Crippen LogP contribution in [0.1, 0.15) is 57.5 Å². The fourth-order valence-electron chi connectivity index (χ4n) is 2.82. The van der Waals surface area contributed by atoms with Gasteiger partial charge in [0.25, 0.3) is 0 Å². The molecule has 0 spiro atoms. The molecular weight excluding hydrogens is 238 g/mol. The lowest BCUT2D eigenvalue weighted by Gasteiger charge is -2.26. The number of nitrogens with one attached hydrogen (secondary N) is 1. The van der Waals surface area contributed by atoms with Gasteiger partial charge in [-0.1, -0.05) is 13.3 Å². The molecule has 1 aromatic rings. The van der Waals surface area contributed by atoms with Gasteiger partial charge in [0.2, 0.25) is 0 Å². The molecular formula is C15H25N3O. The van der Waals surface area contributed by atoms with Gasteiger partial charge in [-0.3, -0.25) is 0 Å². The first-order valence-electron chi connectivity index (χ1n) is 7.41. The van der Waals surface area contributed by atoms with Gasteiger partial charge in [0.15, 0.2) is 5.82 Å². The molecule has 4 nitrogen and oxygen atoms in total. The first-order chi connectivity index (χ1) is 9.24. The molecule has 2 rings (SSSR count). The summed E-state index contributed by atoms with van der Waals surface area (Å²) in [5, 5.41) is 3.30. The molecule has 0 aliphatic heterocycles. The number of hydrogen-bond donors (Lipinski definition) is 1. The fourth-order valence-corrected chi connectivity index (χ4v) is 2.82. The van der Waals surface area contributed by atoms with Crippen molar-refractivity contribution in [3.63, 3.8) is 0 Å². The topological polar surface area (TPSA) is 47.0 Å². The molecule has 0 bridgehead atoms. The van der Waals surface area contributed by atoms with Gasteiger partial charge in [-0.15, -0.1) is 0 Å². The largest absolute Gasteiger partial charge is 0.370 e. The van der Waals surface area contributed by atoms with Crippen molar-refractivity contribution in [2.75, 3.05) is 19.0 Å². The number of rotatable bonds is 6. The van der Waals surface area contributed by atoms with E-state index in [4.69, 9.17) is 9.72 Å². The van der Waals surface area contributed by atoms with Crippen LogP contribution in [0.5, 0.6) is 0 Å². The molecule has 1 saturated carbocycles. The molecule has 0 radical (unpaired) electrons. The van der Waals surface area contributed by atoms with Crippen LogP contribution in [0.25, 0.3) is 0 Å². The minimum Gasteiger partial charge on any atom is -0.370 e. The van der Waals surface area contributed by atoms with Crippen LogP contribution in [0.2, 0.25) is 0 Å². The summed E-state index contributed by atoms with van der Waals surface area (Å²) in [6.45, 7) is 5.14.